The topological polar surface area (TPSA) is 38.0 Å². The van der Waals surface area contributed by atoms with E-state index < -0.39 is 0 Å². The van der Waals surface area contributed by atoms with Crippen molar-refractivity contribution in [2.45, 2.75) is 58.4 Å². The molecule has 0 bridgehead atoms. The van der Waals surface area contributed by atoms with Gasteiger partial charge in [-0.1, -0.05) is 25.3 Å². The molecule has 88 valence electrons. The van der Waals surface area contributed by atoms with Gasteiger partial charge >= 0.3 is 0 Å². The molecule has 1 fully saturated rings. The van der Waals surface area contributed by atoms with Crippen LogP contribution in [0.25, 0.3) is 0 Å². The monoisotopic (exact) mass is 210 g/mol. The zero-order chi connectivity index (χ0) is 11.3. The second-order valence-electron chi connectivity index (χ2n) is 5.30. The SMILES string of the molecule is C=C(C)CCC(NN)C1CCCC(C)C1. The second kappa shape index (κ2) is 6.29. The van der Waals surface area contributed by atoms with E-state index in [2.05, 4.69) is 25.9 Å². The summed E-state index contributed by atoms with van der Waals surface area (Å²) in [5, 5.41) is 0. The fourth-order valence-electron chi connectivity index (χ4n) is 2.70. The predicted octanol–water partition coefficient (Wildman–Crippen LogP) is 3.00. The van der Waals surface area contributed by atoms with Crippen LogP contribution >= 0.6 is 0 Å². The molecule has 3 atom stereocenters. The number of hydrazine groups is 1. The molecule has 1 aliphatic carbocycles. The molecule has 15 heavy (non-hydrogen) atoms. The van der Waals surface area contributed by atoms with Crippen molar-refractivity contribution in [2.24, 2.45) is 17.7 Å². The summed E-state index contributed by atoms with van der Waals surface area (Å²) < 4.78 is 0. The van der Waals surface area contributed by atoms with E-state index in [9.17, 15) is 0 Å². The van der Waals surface area contributed by atoms with E-state index in [4.69, 9.17) is 5.84 Å². The molecule has 1 rings (SSSR count). The lowest BCUT2D eigenvalue weighted by Gasteiger charge is -2.33. The molecule has 0 saturated heterocycles. The van der Waals surface area contributed by atoms with Gasteiger partial charge in [-0.05, 0) is 44.4 Å². The molecule has 0 aromatic rings. The number of rotatable bonds is 5. The summed E-state index contributed by atoms with van der Waals surface area (Å²) in [5.41, 5.74) is 4.27. The van der Waals surface area contributed by atoms with Crippen LogP contribution in [0, 0.1) is 11.8 Å². The first-order chi connectivity index (χ1) is 7.13. The number of nitrogens with one attached hydrogen (secondary N) is 1. The van der Waals surface area contributed by atoms with Crippen LogP contribution in [0.15, 0.2) is 12.2 Å². The van der Waals surface area contributed by atoms with Gasteiger partial charge in [-0.2, -0.15) is 0 Å². The molecule has 1 saturated carbocycles. The van der Waals surface area contributed by atoms with Gasteiger partial charge in [-0.15, -0.1) is 6.58 Å². The van der Waals surface area contributed by atoms with Crippen LogP contribution in [0.4, 0.5) is 0 Å². The third kappa shape index (κ3) is 4.35. The first kappa shape index (κ1) is 12.7. The lowest BCUT2D eigenvalue weighted by Crippen LogP contribution is -2.42. The van der Waals surface area contributed by atoms with E-state index in [1.54, 1.807) is 0 Å². The van der Waals surface area contributed by atoms with Crippen LogP contribution in [0.5, 0.6) is 0 Å². The number of hydrogen-bond acceptors (Lipinski definition) is 2. The molecule has 2 nitrogen and oxygen atoms in total. The lowest BCUT2D eigenvalue weighted by atomic mass is 9.77. The molecule has 1 aliphatic rings. The summed E-state index contributed by atoms with van der Waals surface area (Å²) in [7, 11) is 0. The quantitative estimate of drug-likeness (QED) is 0.416. The summed E-state index contributed by atoms with van der Waals surface area (Å²) in [6.45, 7) is 8.41. The minimum absolute atomic E-state index is 0.490. The van der Waals surface area contributed by atoms with Gasteiger partial charge in [0.1, 0.15) is 0 Å². The van der Waals surface area contributed by atoms with E-state index >= 15 is 0 Å². The maximum absolute atomic E-state index is 5.66. The Morgan fingerprint density at radius 3 is 2.80 bits per heavy atom. The molecular formula is C13H26N2. The van der Waals surface area contributed by atoms with Crippen LogP contribution < -0.4 is 11.3 Å². The molecule has 0 aromatic heterocycles. The minimum atomic E-state index is 0.490. The highest BCUT2D eigenvalue weighted by Crippen LogP contribution is 2.32. The van der Waals surface area contributed by atoms with Crippen molar-refractivity contribution < 1.29 is 0 Å². The molecule has 0 heterocycles. The zero-order valence-electron chi connectivity index (χ0n) is 10.3. The first-order valence-corrected chi connectivity index (χ1v) is 6.24. The van der Waals surface area contributed by atoms with Gasteiger partial charge in [-0.3, -0.25) is 11.3 Å². The molecule has 3 unspecified atom stereocenters. The summed E-state index contributed by atoms with van der Waals surface area (Å²) >= 11 is 0. The van der Waals surface area contributed by atoms with Gasteiger partial charge in [0.2, 0.25) is 0 Å². The van der Waals surface area contributed by atoms with Crippen molar-refractivity contribution in [1.82, 2.24) is 5.43 Å². The van der Waals surface area contributed by atoms with Crippen molar-refractivity contribution in [3.63, 3.8) is 0 Å². The first-order valence-electron chi connectivity index (χ1n) is 6.24. The van der Waals surface area contributed by atoms with Crippen LogP contribution in [-0.2, 0) is 0 Å². The molecule has 0 aromatic carbocycles. The smallest absolute Gasteiger partial charge is 0.0241 e. The van der Waals surface area contributed by atoms with E-state index in [1.165, 1.54) is 31.3 Å². The van der Waals surface area contributed by atoms with Crippen LogP contribution in [0.2, 0.25) is 0 Å². The van der Waals surface area contributed by atoms with Gasteiger partial charge in [0.15, 0.2) is 0 Å². The highest BCUT2D eigenvalue weighted by Gasteiger charge is 2.25. The van der Waals surface area contributed by atoms with Gasteiger partial charge in [-0.25, -0.2) is 0 Å². The Balaban J connectivity index is 2.38. The summed E-state index contributed by atoms with van der Waals surface area (Å²) in [4.78, 5) is 0. The molecule has 2 heteroatoms. The van der Waals surface area contributed by atoms with Crippen molar-refractivity contribution in [1.29, 1.82) is 0 Å². The Bertz CT molecular complexity index is 201. The highest BCUT2D eigenvalue weighted by molar-refractivity contribution is 4.91. The highest BCUT2D eigenvalue weighted by atomic mass is 15.2. The van der Waals surface area contributed by atoms with E-state index in [-0.39, 0.29) is 0 Å². The van der Waals surface area contributed by atoms with Crippen molar-refractivity contribution in [2.75, 3.05) is 0 Å². The van der Waals surface area contributed by atoms with Gasteiger partial charge in [0.25, 0.3) is 0 Å². The zero-order valence-corrected chi connectivity index (χ0v) is 10.3. The van der Waals surface area contributed by atoms with E-state index in [0.717, 1.165) is 24.7 Å². The maximum Gasteiger partial charge on any atom is 0.0241 e. The Morgan fingerprint density at radius 2 is 2.27 bits per heavy atom. The Morgan fingerprint density at radius 1 is 1.53 bits per heavy atom. The van der Waals surface area contributed by atoms with Crippen molar-refractivity contribution >= 4 is 0 Å². The molecule has 0 aliphatic heterocycles. The average Bonchev–Trinajstić information content (AvgIpc) is 2.18. The van der Waals surface area contributed by atoms with Crippen molar-refractivity contribution in [3.8, 4) is 0 Å². The van der Waals surface area contributed by atoms with Crippen LogP contribution in [0.3, 0.4) is 0 Å². The summed E-state index contributed by atoms with van der Waals surface area (Å²) in [6, 6.07) is 0.490. The normalized spacial score (nSPS) is 28.7. The Kier molecular flexibility index (Phi) is 5.34. The molecule has 0 radical (unpaired) electrons. The molecule has 0 spiro atoms. The van der Waals surface area contributed by atoms with E-state index in [1.807, 2.05) is 0 Å². The predicted molar refractivity (Wildman–Crippen MR) is 66.3 cm³/mol. The summed E-state index contributed by atoms with van der Waals surface area (Å²) in [6.07, 6.45) is 7.69. The fourth-order valence-corrected chi connectivity index (χ4v) is 2.70. The van der Waals surface area contributed by atoms with Gasteiger partial charge < -0.3 is 0 Å². The van der Waals surface area contributed by atoms with E-state index in [0.29, 0.717) is 6.04 Å². The Hall–Kier alpha value is -0.340. The fraction of sp³-hybridized carbons (Fsp3) is 0.846. The minimum Gasteiger partial charge on any atom is -0.271 e. The third-order valence-corrected chi connectivity index (χ3v) is 3.64. The number of hydrogen-bond donors (Lipinski definition) is 2. The largest absolute Gasteiger partial charge is 0.271 e. The Labute approximate surface area is 94.3 Å². The van der Waals surface area contributed by atoms with Crippen LogP contribution in [0.1, 0.15) is 52.4 Å². The van der Waals surface area contributed by atoms with Crippen molar-refractivity contribution in [3.05, 3.63) is 12.2 Å². The molecule has 0 amide bonds. The van der Waals surface area contributed by atoms with Crippen LogP contribution in [-0.4, -0.2) is 6.04 Å². The van der Waals surface area contributed by atoms with Gasteiger partial charge in [0.05, 0.1) is 0 Å². The third-order valence-electron chi connectivity index (χ3n) is 3.64. The molecular weight excluding hydrogens is 184 g/mol. The molecule has 3 N–H and O–H groups in total. The number of nitrogens with two attached hydrogens (primary N) is 1. The maximum atomic E-state index is 5.66. The van der Waals surface area contributed by atoms with Gasteiger partial charge in [0, 0.05) is 6.04 Å². The average molecular weight is 210 g/mol. The summed E-state index contributed by atoms with van der Waals surface area (Å²) in [5.74, 6) is 7.31. The number of allylic oxidation sites excluding steroid dienone is 1. The standard InChI is InChI=1S/C13H26N2/c1-10(2)7-8-13(15-14)12-6-4-5-11(3)9-12/h11-13,15H,1,4-9,14H2,2-3H3. The second-order valence-corrected chi connectivity index (χ2v) is 5.30. The lowest BCUT2D eigenvalue weighted by molar-refractivity contribution is 0.216.